The van der Waals surface area contributed by atoms with E-state index in [1.54, 1.807) is 17.0 Å². The molecular weight excluding hydrogens is 544 g/mol. The fraction of sp³-hybridized carbons (Fsp3) is 0.250. The Bertz CT molecular complexity index is 1780. The molecule has 41 heavy (non-hydrogen) atoms. The number of pyridine rings is 1. The van der Waals surface area contributed by atoms with Crippen molar-refractivity contribution in [1.29, 1.82) is 0 Å². The molecule has 0 spiro atoms. The van der Waals surface area contributed by atoms with Crippen LogP contribution in [-0.2, 0) is 4.79 Å². The number of ketones is 1. The van der Waals surface area contributed by atoms with Crippen molar-refractivity contribution in [2.75, 3.05) is 26.7 Å². The molecule has 0 saturated carbocycles. The van der Waals surface area contributed by atoms with E-state index in [0.29, 0.717) is 51.8 Å². The summed E-state index contributed by atoms with van der Waals surface area (Å²) in [7, 11) is 1.47. The SMILES string of the molecule is COc1cnc(-c2nc(-c3csc(C)n3)n[nH]2)c2[nH]cc(C(=O)C(=O)N3CCN(C(=O)c4ccccc4)[C@H](C)C3)c12. The first-order valence-electron chi connectivity index (χ1n) is 12.9. The number of methoxy groups -OCH3 is 1. The maximum atomic E-state index is 13.6. The van der Waals surface area contributed by atoms with Crippen LogP contribution in [-0.4, -0.2) is 90.3 Å². The molecule has 6 rings (SSSR count). The minimum atomic E-state index is -0.682. The highest BCUT2D eigenvalue weighted by Gasteiger charge is 2.34. The van der Waals surface area contributed by atoms with Crippen LogP contribution < -0.4 is 4.74 Å². The van der Waals surface area contributed by atoms with Gasteiger partial charge in [0.1, 0.15) is 17.1 Å². The lowest BCUT2D eigenvalue weighted by Crippen LogP contribution is -2.56. The molecule has 0 unspecified atom stereocenters. The number of hydrogen-bond acceptors (Lipinski definition) is 9. The van der Waals surface area contributed by atoms with Crippen molar-refractivity contribution in [2.45, 2.75) is 19.9 Å². The molecule has 0 aliphatic carbocycles. The molecule has 1 saturated heterocycles. The summed E-state index contributed by atoms with van der Waals surface area (Å²) in [6.07, 6.45) is 2.97. The van der Waals surface area contributed by atoms with Crippen LogP contribution in [0.15, 0.2) is 48.1 Å². The number of hydrogen-bond donors (Lipinski definition) is 2. The molecule has 4 aromatic heterocycles. The zero-order valence-electron chi connectivity index (χ0n) is 22.5. The normalized spacial score (nSPS) is 15.3. The summed E-state index contributed by atoms with van der Waals surface area (Å²) in [5, 5.41) is 10.3. The number of amides is 2. The van der Waals surface area contributed by atoms with Gasteiger partial charge in [-0.1, -0.05) is 18.2 Å². The second-order valence-electron chi connectivity index (χ2n) is 9.68. The summed E-state index contributed by atoms with van der Waals surface area (Å²) in [5.41, 5.74) is 2.29. The number of H-pyrrole nitrogens is 2. The van der Waals surface area contributed by atoms with Crippen LogP contribution in [0.25, 0.3) is 33.9 Å². The van der Waals surface area contributed by atoms with E-state index in [1.165, 1.54) is 35.7 Å². The predicted octanol–water partition coefficient (Wildman–Crippen LogP) is 3.34. The Morgan fingerprint density at radius 2 is 1.93 bits per heavy atom. The van der Waals surface area contributed by atoms with Gasteiger partial charge in [-0.3, -0.25) is 19.5 Å². The van der Waals surface area contributed by atoms with Gasteiger partial charge in [-0.05, 0) is 26.0 Å². The predicted molar refractivity (Wildman–Crippen MR) is 152 cm³/mol. The van der Waals surface area contributed by atoms with Crippen molar-refractivity contribution in [2.24, 2.45) is 0 Å². The van der Waals surface area contributed by atoms with E-state index in [4.69, 9.17) is 4.74 Å². The zero-order chi connectivity index (χ0) is 28.7. The number of nitrogens with one attached hydrogen (secondary N) is 2. The fourth-order valence-corrected chi connectivity index (χ4v) is 5.62. The molecule has 1 aliphatic heterocycles. The summed E-state index contributed by atoms with van der Waals surface area (Å²) < 4.78 is 5.51. The van der Waals surface area contributed by atoms with Gasteiger partial charge in [-0.2, -0.15) is 5.10 Å². The summed E-state index contributed by atoms with van der Waals surface area (Å²) >= 11 is 1.50. The number of nitrogens with zero attached hydrogens (tertiary/aromatic N) is 6. The maximum absolute atomic E-state index is 13.6. The molecule has 1 aliphatic rings. The minimum absolute atomic E-state index is 0.0987. The Kier molecular flexibility index (Phi) is 6.79. The summed E-state index contributed by atoms with van der Waals surface area (Å²) in [6.45, 7) is 4.59. The Labute approximate surface area is 238 Å². The average molecular weight is 571 g/mol. The van der Waals surface area contributed by atoms with Gasteiger partial charge < -0.3 is 19.5 Å². The number of benzene rings is 1. The van der Waals surface area contributed by atoms with Gasteiger partial charge in [-0.15, -0.1) is 11.3 Å². The van der Waals surface area contributed by atoms with Gasteiger partial charge in [0.05, 0.1) is 34.8 Å². The largest absolute Gasteiger partial charge is 0.494 e. The lowest BCUT2D eigenvalue weighted by molar-refractivity contribution is -0.128. The second kappa shape index (κ2) is 10.6. The third kappa shape index (κ3) is 4.73. The van der Waals surface area contributed by atoms with Gasteiger partial charge in [0, 0.05) is 42.8 Å². The van der Waals surface area contributed by atoms with Crippen molar-refractivity contribution in [3.63, 3.8) is 0 Å². The van der Waals surface area contributed by atoms with Gasteiger partial charge in [0.15, 0.2) is 5.82 Å². The number of rotatable bonds is 6. The Morgan fingerprint density at radius 3 is 2.63 bits per heavy atom. The van der Waals surface area contributed by atoms with Crippen LogP contribution in [0.4, 0.5) is 0 Å². The Hall–Kier alpha value is -4.91. The van der Waals surface area contributed by atoms with Crippen LogP contribution in [0.2, 0.25) is 0 Å². The number of aromatic nitrogens is 6. The first kappa shape index (κ1) is 26.3. The lowest BCUT2D eigenvalue weighted by Gasteiger charge is -2.39. The highest BCUT2D eigenvalue weighted by atomic mass is 32.1. The molecule has 0 radical (unpaired) electrons. The van der Waals surface area contributed by atoms with Gasteiger partial charge in [0.2, 0.25) is 5.82 Å². The molecule has 208 valence electrons. The third-order valence-electron chi connectivity index (χ3n) is 7.09. The molecule has 1 fully saturated rings. The fourth-order valence-electron chi connectivity index (χ4n) is 5.03. The molecule has 1 aromatic carbocycles. The van der Waals surface area contributed by atoms with E-state index in [2.05, 4.69) is 30.1 Å². The first-order chi connectivity index (χ1) is 19.9. The monoisotopic (exact) mass is 570 g/mol. The number of thiazole rings is 1. The Morgan fingerprint density at radius 1 is 1.12 bits per heavy atom. The molecule has 0 bridgehead atoms. The van der Waals surface area contributed by atoms with Crippen molar-refractivity contribution < 1.29 is 19.1 Å². The van der Waals surface area contributed by atoms with Crippen LogP contribution in [0.3, 0.4) is 0 Å². The number of carbonyl (C=O) groups excluding carboxylic acids is 3. The van der Waals surface area contributed by atoms with E-state index < -0.39 is 11.7 Å². The molecular formula is C28H26N8O4S. The topological polar surface area (TPSA) is 150 Å². The molecule has 2 amide bonds. The van der Waals surface area contributed by atoms with Gasteiger partial charge in [0.25, 0.3) is 17.6 Å². The number of aryl methyl sites for hydroxylation is 1. The molecule has 5 aromatic rings. The number of ether oxygens (including phenoxy) is 1. The number of piperazine rings is 1. The lowest BCUT2D eigenvalue weighted by atomic mass is 10.1. The minimum Gasteiger partial charge on any atom is -0.494 e. The molecule has 13 heteroatoms. The standard InChI is InChI=1S/C28H26N8O4S/c1-15-13-35(9-10-36(15)27(38)17-7-5-4-6-8-17)28(39)24(37)18-11-29-22-21(18)20(40-3)12-30-23(22)26-32-25(33-34-26)19-14-41-16(2)31-19/h4-8,11-12,14-15,29H,9-10,13H2,1-3H3,(H,32,33,34)/t15-/m1/s1. The second-order valence-corrected chi connectivity index (χ2v) is 10.7. The molecule has 1 atom stereocenters. The van der Waals surface area contributed by atoms with E-state index in [-0.39, 0.29) is 30.6 Å². The third-order valence-corrected chi connectivity index (χ3v) is 7.86. The molecule has 2 N–H and O–H groups in total. The van der Waals surface area contributed by atoms with E-state index in [0.717, 1.165) is 5.01 Å². The van der Waals surface area contributed by atoms with Crippen LogP contribution >= 0.6 is 11.3 Å². The smallest absolute Gasteiger partial charge is 0.295 e. The first-order valence-corrected chi connectivity index (χ1v) is 13.8. The van der Waals surface area contributed by atoms with Crippen molar-refractivity contribution in [1.82, 2.24) is 39.9 Å². The van der Waals surface area contributed by atoms with Crippen molar-refractivity contribution in [3.05, 3.63) is 64.2 Å². The Balaban J connectivity index is 1.25. The molecule has 12 nitrogen and oxygen atoms in total. The van der Waals surface area contributed by atoms with Crippen LogP contribution in [0, 0.1) is 6.92 Å². The highest BCUT2D eigenvalue weighted by molar-refractivity contribution is 7.09. The van der Waals surface area contributed by atoms with Crippen molar-refractivity contribution >= 4 is 39.8 Å². The van der Waals surface area contributed by atoms with Gasteiger partial charge >= 0.3 is 0 Å². The zero-order valence-corrected chi connectivity index (χ0v) is 23.4. The van der Waals surface area contributed by atoms with Gasteiger partial charge in [-0.25, -0.2) is 15.0 Å². The van der Waals surface area contributed by atoms with Crippen LogP contribution in [0.5, 0.6) is 5.75 Å². The number of Topliss-reactive ketones (excluding diaryl/α,β-unsaturated/α-hetero) is 1. The average Bonchev–Trinajstić information content (AvgIpc) is 3.76. The summed E-state index contributed by atoms with van der Waals surface area (Å²) in [5.74, 6) is -0.296. The van der Waals surface area contributed by atoms with E-state index >= 15 is 0 Å². The number of fused-ring (bicyclic) bond motifs is 1. The van der Waals surface area contributed by atoms with Crippen LogP contribution in [0.1, 0.15) is 32.6 Å². The maximum Gasteiger partial charge on any atom is 0.295 e. The van der Waals surface area contributed by atoms with E-state index in [9.17, 15) is 14.4 Å². The highest BCUT2D eigenvalue weighted by Crippen LogP contribution is 2.34. The number of aromatic amines is 2. The number of carbonyl (C=O) groups is 3. The van der Waals surface area contributed by atoms with Crippen molar-refractivity contribution in [3.8, 4) is 28.8 Å². The quantitative estimate of drug-likeness (QED) is 0.233. The summed E-state index contributed by atoms with van der Waals surface area (Å²) in [4.78, 5) is 59.7. The molecule has 5 heterocycles. The van der Waals surface area contributed by atoms with E-state index in [1.807, 2.05) is 37.4 Å². The summed E-state index contributed by atoms with van der Waals surface area (Å²) in [6, 6.07) is 8.76.